The Balaban J connectivity index is 2.81. The van der Waals surface area contributed by atoms with Gasteiger partial charge in [0.2, 0.25) is 0 Å². The monoisotopic (exact) mass is 292 g/mol. The molecule has 0 aliphatic carbocycles. The molecule has 0 bridgehead atoms. The first-order chi connectivity index (χ1) is 8.77. The lowest BCUT2D eigenvalue weighted by atomic mass is 9.97. The fraction of sp³-hybridized carbons (Fsp3) is 1.00. The van der Waals surface area contributed by atoms with E-state index in [1.807, 2.05) is 20.8 Å². The van der Waals surface area contributed by atoms with Gasteiger partial charge < -0.3 is 5.11 Å². The summed E-state index contributed by atoms with van der Waals surface area (Å²) >= 11 is 0. The van der Waals surface area contributed by atoms with Crippen LogP contribution in [0.3, 0.4) is 0 Å². The van der Waals surface area contributed by atoms with Gasteiger partial charge in [0, 0.05) is 32.8 Å². The van der Waals surface area contributed by atoms with Crippen molar-refractivity contribution in [3.63, 3.8) is 0 Å². The van der Waals surface area contributed by atoms with Crippen molar-refractivity contribution in [1.82, 2.24) is 8.61 Å². The predicted molar refractivity (Wildman–Crippen MR) is 77.1 cm³/mol. The van der Waals surface area contributed by atoms with Gasteiger partial charge in [0.15, 0.2) is 0 Å². The summed E-state index contributed by atoms with van der Waals surface area (Å²) in [4.78, 5) is 0. The largest absolute Gasteiger partial charge is 0.396 e. The van der Waals surface area contributed by atoms with Crippen molar-refractivity contribution < 1.29 is 13.5 Å². The van der Waals surface area contributed by atoms with E-state index in [9.17, 15) is 8.42 Å². The van der Waals surface area contributed by atoms with Gasteiger partial charge in [0.05, 0.1) is 0 Å². The molecule has 1 fully saturated rings. The minimum absolute atomic E-state index is 0.0240. The maximum absolute atomic E-state index is 12.6. The quantitative estimate of drug-likeness (QED) is 0.806. The van der Waals surface area contributed by atoms with Crippen molar-refractivity contribution in [3.8, 4) is 0 Å². The second-order valence-electron chi connectivity index (χ2n) is 6.44. The van der Waals surface area contributed by atoms with E-state index in [1.165, 1.54) is 4.31 Å². The maximum atomic E-state index is 12.6. The number of aliphatic hydroxyl groups excluding tert-OH is 1. The van der Waals surface area contributed by atoms with Crippen molar-refractivity contribution in [3.05, 3.63) is 0 Å². The van der Waals surface area contributed by atoms with Crippen LogP contribution in [-0.4, -0.2) is 54.9 Å². The summed E-state index contributed by atoms with van der Waals surface area (Å²) < 4.78 is 28.4. The molecule has 6 heteroatoms. The smallest absolute Gasteiger partial charge is 0.281 e. The highest BCUT2D eigenvalue weighted by Gasteiger charge is 2.32. The number of hydrogen-bond acceptors (Lipinski definition) is 3. The van der Waals surface area contributed by atoms with Crippen molar-refractivity contribution in [1.29, 1.82) is 0 Å². The van der Waals surface area contributed by atoms with Gasteiger partial charge in [0.1, 0.15) is 0 Å². The molecule has 0 radical (unpaired) electrons. The standard InChI is InChI=1S/C13H28N2O3S/c1-13(2,3)12-15(10-7-11-16)19(17,18)14-8-5-4-6-9-14/h16H,4-12H2,1-3H3. The molecular weight excluding hydrogens is 264 g/mol. The summed E-state index contributed by atoms with van der Waals surface area (Å²) in [6.45, 7) is 8.26. The number of piperidine rings is 1. The van der Waals surface area contributed by atoms with E-state index in [2.05, 4.69) is 0 Å². The number of aliphatic hydroxyl groups is 1. The van der Waals surface area contributed by atoms with E-state index in [4.69, 9.17) is 5.11 Å². The van der Waals surface area contributed by atoms with Crippen LogP contribution in [0.25, 0.3) is 0 Å². The molecular formula is C13H28N2O3S. The molecule has 0 atom stereocenters. The minimum Gasteiger partial charge on any atom is -0.396 e. The maximum Gasteiger partial charge on any atom is 0.281 e. The highest BCUT2D eigenvalue weighted by Crippen LogP contribution is 2.22. The first-order valence-corrected chi connectivity index (χ1v) is 8.53. The van der Waals surface area contributed by atoms with Crippen LogP contribution in [0.4, 0.5) is 0 Å². The summed E-state index contributed by atoms with van der Waals surface area (Å²) in [5, 5.41) is 8.95. The average Bonchev–Trinajstić information content (AvgIpc) is 2.34. The molecule has 1 saturated heterocycles. The molecule has 1 heterocycles. The molecule has 1 aliphatic heterocycles. The summed E-state index contributed by atoms with van der Waals surface area (Å²) in [5.74, 6) is 0. The van der Waals surface area contributed by atoms with Crippen LogP contribution >= 0.6 is 0 Å². The molecule has 1 N–H and O–H groups in total. The number of hydrogen-bond donors (Lipinski definition) is 1. The van der Waals surface area contributed by atoms with E-state index < -0.39 is 10.2 Å². The van der Waals surface area contributed by atoms with Crippen LogP contribution in [0.2, 0.25) is 0 Å². The Morgan fingerprint density at radius 3 is 2.21 bits per heavy atom. The van der Waals surface area contributed by atoms with Gasteiger partial charge in [0.25, 0.3) is 10.2 Å². The first-order valence-electron chi connectivity index (χ1n) is 7.13. The Labute approximate surface area is 117 Å². The van der Waals surface area contributed by atoms with Gasteiger partial charge in [-0.1, -0.05) is 27.2 Å². The summed E-state index contributed by atoms with van der Waals surface area (Å²) in [6, 6.07) is 0. The molecule has 19 heavy (non-hydrogen) atoms. The minimum atomic E-state index is -3.37. The average molecular weight is 292 g/mol. The van der Waals surface area contributed by atoms with E-state index in [0.29, 0.717) is 32.6 Å². The SMILES string of the molecule is CC(C)(C)CN(CCCO)S(=O)(=O)N1CCCCC1. The van der Waals surface area contributed by atoms with Gasteiger partial charge in [-0.2, -0.15) is 17.0 Å². The third-order valence-corrected chi connectivity index (χ3v) is 5.17. The van der Waals surface area contributed by atoms with Gasteiger partial charge in [-0.3, -0.25) is 0 Å². The zero-order valence-corrected chi connectivity index (χ0v) is 13.2. The lowest BCUT2D eigenvalue weighted by molar-refractivity contribution is 0.225. The van der Waals surface area contributed by atoms with Crippen molar-refractivity contribution in [2.24, 2.45) is 5.41 Å². The van der Waals surface area contributed by atoms with E-state index in [1.54, 1.807) is 4.31 Å². The Hall–Kier alpha value is -0.170. The zero-order valence-electron chi connectivity index (χ0n) is 12.4. The van der Waals surface area contributed by atoms with Crippen LogP contribution < -0.4 is 0 Å². The van der Waals surface area contributed by atoms with Crippen LogP contribution in [0, 0.1) is 5.41 Å². The molecule has 0 saturated carbocycles. The van der Waals surface area contributed by atoms with Gasteiger partial charge in [-0.25, -0.2) is 0 Å². The predicted octanol–water partition coefficient (Wildman–Crippen LogP) is 1.45. The normalized spacial score (nSPS) is 19.0. The lowest BCUT2D eigenvalue weighted by Gasteiger charge is -2.35. The lowest BCUT2D eigenvalue weighted by Crippen LogP contribution is -2.48. The third kappa shape index (κ3) is 5.38. The molecule has 0 aromatic rings. The van der Waals surface area contributed by atoms with Crippen molar-refractivity contribution in [2.45, 2.75) is 46.5 Å². The summed E-state index contributed by atoms with van der Waals surface area (Å²) in [6.07, 6.45) is 3.50. The third-order valence-electron chi connectivity index (χ3n) is 3.18. The van der Waals surface area contributed by atoms with Crippen molar-refractivity contribution >= 4 is 10.2 Å². The highest BCUT2D eigenvalue weighted by molar-refractivity contribution is 7.86. The topological polar surface area (TPSA) is 60.9 Å². The zero-order chi connectivity index (χ0) is 14.5. The fourth-order valence-electron chi connectivity index (χ4n) is 2.31. The second-order valence-corrected chi connectivity index (χ2v) is 8.37. The van der Waals surface area contributed by atoms with Crippen molar-refractivity contribution in [2.75, 3.05) is 32.8 Å². The Bertz CT molecular complexity index is 357. The molecule has 0 spiro atoms. The molecule has 0 aromatic heterocycles. The molecule has 0 aromatic carbocycles. The molecule has 0 unspecified atom stereocenters. The van der Waals surface area contributed by atoms with Gasteiger partial charge in [-0.05, 0) is 24.7 Å². The molecule has 114 valence electrons. The summed E-state index contributed by atoms with van der Waals surface area (Å²) in [5.41, 5.74) is -0.0850. The number of nitrogens with zero attached hydrogens (tertiary/aromatic N) is 2. The molecule has 1 aliphatic rings. The van der Waals surface area contributed by atoms with E-state index in [0.717, 1.165) is 19.3 Å². The van der Waals surface area contributed by atoms with E-state index >= 15 is 0 Å². The molecule has 1 rings (SSSR count). The number of rotatable bonds is 6. The van der Waals surface area contributed by atoms with E-state index in [-0.39, 0.29) is 12.0 Å². The van der Waals surface area contributed by atoms with Crippen LogP contribution in [0.5, 0.6) is 0 Å². The highest BCUT2D eigenvalue weighted by atomic mass is 32.2. The van der Waals surface area contributed by atoms with Crippen LogP contribution in [0.15, 0.2) is 0 Å². The van der Waals surface area contributed by atoms with Gasteiger partial charge in [-0.15, -0.1) is 0 Å². The molecule has 5 nitrogen and oxygen atoms in total. The Morgan fingerprint density at radius 2 is 1.74 bits per heavy atom. The van der Waals surface area contributed by atoms with Gasteiger partial charge >= 0.3 is 0 Å². The Kier molecular flexibility index (Phi) is 6.23. The van der Waals surface area contributed by atoms with Crippen LogP contribution in [0.1, 0.15) is 46.5 Å². The second kappa shape index (κ2) is 7.02. The fourth-order valence-corrected chi connectivity index (χ4v) is 4.27. The van der Waals surface area contributed by atoms with Crippen LogP contribution in [-0.2, 0) is 10.2 Å². The Morgan fingerprint density at radius 1 is 1.16 bits per heavy atom. The summed E-state index contributed by atoms with van der Waals surface area (Å²) in [7, 11) is -3.37. The first kappa shape index (κ1) is 16.9. The molecule has 0 amide bonds.